The van der Waals surface area contributed by atoms with E-state index in [1.54, 1.807) is 12.1 Å². The topological polar surface area (TPSA) is 154 Å². The number of imide groups is 2. The number of anilines is 1. The standard InChI is InChI=1S/C44H44N6O8/c1-48-37-10-11-45-21-36(37)33-5-2-26(16-39(33)48)27-3-9-41(46-20-27)58-31-18-30(19-31)57-24-25-14-29(15-25)55-12-13-56-32-22-49(23-32)28-4-6-34-35(17-28)44(54)50(43(34)53)38-7-8-40(51)47-42(38)52/h2-6,9-11,16-17,20-21,25,29-32,38H,7-8,12-15,18-19,22-24H2,1H3,(H,47,51,52). The molecule has 2 aromatic carbocycles. The summed E-state index contributed by atoms with van der Waals surface area (Å²) in [5.74, 6) is -0.871. The Hall–Kier alpha value is -5.70. The van der Waals surface area contributed by atoms with E-state index in [9.17, 15) is 19.2 Å². The summed E-state index contributed by atoms with van der Waals surface area (Å²) < 4.78 is 26.6. The number of aryl methyl sites for hydroxylation is 1. The van der Waals surface area contributed by atoms with E-state index in [2.05, 4.69) is 56.1 Å². The first-order valence-corrected chi connectivity index (χ1v) is 20.2. The number of hydrogen-bond acceptors (Lipinski definition) is 11. The predicted octanol–water partition coefficient (Wildman–Crippen LogP) is 4.82. The summed E-state index contributed by atoms with van der Waals surface area (Å²) >= 11 is 0. The van der Waals surface area contributed by atoms with Gasteiger partial charge in [-0.1, -0.05) is 12.1 Å². The summed E-state index contributed by atoms with van der Waals surface area (Å²) in [7, 11) is 2.09. The minimum atomic E-state index is -0.975. The van der Waals surface area contributed by atoms with E-state index < -0.39 is 29.7 Å². The van der Waals surface area contributed by atoms with Gasteiger partial charge in [-0.15, -0.1) is 0 Å². The number of amides is 4. The number of fused-ring (bicyclic) bond motifs is 4. The van der Waals surface area contributed by atoms with Gasteiger partial charge in [0.15, 0.2) is 0 Å². The molecule has 0 spiro atoms. The van der Waals surface area contributed by atoms with E-state index in [0.717, 1.165) is 70.4 Å². The fourth-order valence-corrected chi connectivity index (χ4v) is 8.83. The zero-order chi connectivity index (χ0) is 39.5. The van der Waals surface area contributed by atoms with E-state index in [1.165, 1.54) is 5.39 Å². The lowest BCUT2D eigenvalue weighted by Gasteiger charge is -2.41. The molecule has 2 aliphatic carbocycles. The Bertz CT molecular complexity index is 2430. The van der Waals surface area contributed by atoms with Gasteiger partial charge in [-0.05, 0) is 67.1 Å². The maximum absolute atomic E-state index is 13.2. The number of rotatable bonds is 13. The molecule has 1 atom stereocenters. The van der Waals surface area contributed by atoms with Crippen LogP contribution in [-0.2, 0) is 30.8 Å². The normalized spacial score (nSPS) is 24.5. The number of ether oxygens (including phenoxy) is 4. The Kier molecular flexibility index (Phi) is 9.42. The van der Waals surface area contributed by atoms with Crippen LogP contribution in [0.25, 0.3) is 32.9 Å². The molecule has 0 radical (unpaired) electrons. The van der Waals surface area contributed by atoms with Crippen molar-refractivity contribution >= 4 is 51.1 Å². The Morgan fingerprint density at radius 1 is 0.741 bits per heavy atom. The van der Waals surface area contributed by atoms with Crippen LogP contribution in [-0.4, -0.2) is 106 Å². The van der Waals surface area contributed by atoms with E-state index in [1.807, 2.05) is 36.8 Å². The molecule has 1 N–H and O–H groups in total. The molecule has 4 fully saturated rings. The SMILES string of the molecule is Cn1c2ccncc2c2ccc(-c3ccc(OC4CC(OCC5CC(OCCOC6CN(c7ccc8c(c7)C(=O)N(C7CCC(=O)NC7=O)C8=O)C6)C5)C4)nc3)cc21. The molecule has 5 aliphatic rings. The second-order valence-electron chi connectivity index (χ2n) is 16.1. The average Bonchev–Trinajstić information content (AvgIpc) is 3.61. The first-order chi connectivity index (χ1) is 28.3. The first-order valence-electron chi connectivity index (χ1n) is 20.2. The molecule has 14 heteroatoms. The molecule has 2 saturated carbocycles. The third-order valence-electron chi connectivity index (χ3n) is 12.4. The Morgan fingerprint density at radius 2 is 1.52 bits per heavy atom. The molecule has 0 bridgehead atoms. The summed E-state index contributed by atoms with van der Waals surface area (Å²) in [5.41, 5.74) is 5.86. The molecular weight excluding hydrogens is 741 g/mol. The monoisotopic (exact) mass is 784 g/mol. The number of pyridine rings is 2. The zero-order valence-electron chi connectivity index (χ0n) is 32.2. The Labute approximate surface area is 334 Å². The summed E-state index contributed by atoms with van der Waals surface area (Å²) in [6.07, 6.45) is 10.2. The number of carbonyl (C=O) groups is 4. The fourth-order valence-electron chi connectivity index (χ4n) is 8.83. The van der Waals surface area contributed by atoms with Gasteiger partial charge in [-0.2, -0.15) is 0 Å². The van der Waals surface area contributed by atoms with Crippen molar-refractivity contribution in [1.82, 2.24) is 24.8 Å². The molecule has 4 amide bonds. The molecule has 2 saturated heterocycles. The maximum Gasteiger partial charge on any atom is 0.262 e. The van der Waals surface area contributed by atoms with Gasteiger partial charge >= 0.3 is 0 Å². The van der Waals surface area contributed by atoms with Crippen LogP contribution in [0.5, 0.6) is 5.88 Å². The molecule has 58 heavy (non-hydrogen) atoms. The van der Waals surface area contributed by atoms with Crippen molar-refractivity contribution in [1.29, 1.82) is 0 Å². The average molecular weight is 785 g/mol. The lowest BCUT2D eigenvalue weighted by molar-refractivity contribution is -0.136. The minimum Gasteiger partial charge on any atom is -0.474 e. The molecule has 3 aromatic heterocycles. The summed E-state index contributed by atoms with van der Waals surface area (Å²) in [5, 5.41) is 4.57. The highest BCUT2D eigenvalue weighted by molar-refractivity contribution is 6.23. The van der Waals surface area contributed by atoms with Gasteiger partial charge in [0.1, 0.15) is 12.1 Å². The fraction of sp³-hybridized carbons (Fsp3) is 0.409. The minimum absolute atomic E-state index is 0.0530. The maximum atomic E-state index is 13.2. The number of nitrogens with zero attached hydrogens (tertiary/aromatic N) is 5. The van der Waals surface area contributed by atoms with Crippen LogP contribution in [0.2, 0.25) is 0 Å². The van der Waals surface area contributed by atoms with Crippen molar-refractivity contribution in [2.45, 2.75) is 69.0 Å². The Morgan fingerprint density at radius 3 is 2.31 bits per heavy atom. The van der Waals surface area contributed by atoms with Crippen LogP contribution in [0.4, 0.5) is 5.69 Å². The van der Waals surface area contributed by atoms with Crippen molar-refractivity contribution in [2.24, 2.45) is 13.0 Å². The highest BCUT2D eigenvalue weighted by Gasteiger charge is 2.45. The Balaban J connectivity index is 0.593. The van der Waals surface area contributed by atoms with Crippen LogP contribution < -0.4 is 15.0 Å². The van der Waals surface area contributed by atoms with E-state index in [0.29, 0.717) is 38.1 Å². The van der Waals surface area contributed by atoms with Crippen LogP contribution in [0.1, 0.15) is 59.2 Å². The lowest BCUT2D eigenvalue weighted by Crippen LogP contribution is -2.54. The van der Waals surface area contributed by atoms with Gasteiger partial charge in [-0.3, -0.25) is 34.4 Å². The number of benzene rings is 2. The van der Waals surface area contributed by atoms with Crippen LogP contribution in [0.15, 0.2) is 73.2 Å². The van der Waals surface area contributed by atoms with E-state index in [-0.39, 0.29) is 48.4 Å². The largest absolute Gasteiger partial charge is 0.474 e. The van der Waals surface area contributed by atoms with Gasteiger partial charge in [0.2, 0.25) is 17.7 Å². The highest BCUT2D eigenvalue weighted by Crippen LogP contribution is 2.36. The van der Waals surface area contributed by atoms with Crippen LogP contribution in [0, 0.1) is 5.92 Å². The van der Waals surface area contributed by atoms with Gasteiger partial charge in [-0.25, -0.2) is 4.98 Å². The number of piperidine rings is 1. The van der Waals surface area contributed by atoms with E-state index >= 15 is 0 Å². The first kappa shape index (κ1) is 36.6. The zero-order valence-corrected chi connectivity index (χ0v) is 32.2. The molecule has 14 nitrogen and oxygen atoms in total. The summed E-state index contributed by atoms with van der Waals surface area (Å²) in [4.78, 5) is 62.0. The molecule has 298 valence electrons. The molecule has 10 rings (SSSR count). The highest BCUT2D eigenvalue weighted by atomic mass is 16.5. The number of carbonyl (C=O) groups excluding carboxylic acids is 4. The van der Waals surface area contributed by atoms with Gasteiger partial charge < -0.3 is 28.4 Å². The third-order valence-corrected chi connectivity index (χ3v) is 12.4. The predicted molar refractivity (Wildman–Crippen MR) is 212 cm³/mol. The van der Waals surface area contributed by atoms with Crippen molar-refractivity contribution in [3.63, 3.8) is 0 Å². The second kappa shape index (κ2) is 14.9. The molecular formula is C44H44N6O8. The van der Waals surface area contributed by atoms with Gasteiger partial charge in [0.25, 0.3) is 11.8 Å². The van der Waals surface area contributed by atoms with Crippen LogP contribution in [0.3, 0.4) is 0 Å². The van der Waals surface area contributed by atoms with Crippen LogP contribution >= 0.6 is 0 Å². The molecule has 3 aliphatic heterocycles. The van der Waals surface area contributed by atoms with Crippen molar-refractivity contribution in [3.8, 4) is 17.0 Å². The quantitative estimate of drug-likeness (QED) is 0.129. The second-order valence-corrected chi connectivity index (χ2v) is 16.1. The van der Waals surface area contributed by atoms with Crippen molar-refractivity contribution in [2.75, 3.05) is 37.8 Å². The molecule has 1 unspecified atom stereocenters. The van der Waals surface area contributed by atoms with E-state index in [4.69, 9.17) is 18.9 Å². The van der Waals surface area contributed by atoms with Crippen molar-refractivity contribution < 1.29 is 38.1 Å². The molecule has 5 aromatic rings. The third kappa shape index (κ3) is 6.78. The lowest BCUT2D eigenvalue weighted by atomic mass is 9.82. The smallest absolute Gasteiger partial charge is 0.262 e. The summed E-state index contributed by atoms with van der Waals surface area (Å²) in [6.45, 7) is 3.12. The number of aromatic nitrogens is 3. The number of nitrogens with one attached hydrogen (secondary N) is 1. The van der Waals surface area contributed by atoms with Gasteiger partial charge in [0.05, 0.1) is 48.2 Å². The summed E-state index contributed by atoms with van der Waals surface area (Å²) in [6, 6.07) is 16.7. The number of hydrogen-bond donors (Lipinski definition) is 1. The van der Waals surface area contributed by atoms with Crippen molar-refractivity contribution in [3.05, 3.63) is 84.3 Å². The van der Waals surface area contributed by atoms with Gasteiger partial charge in [0, 0.05) is 98.2 Å². The molecule has 6 heterocycles.